The molecule has 0 atom stereocenters. The first kappa shape index (κ1) is 10.7. The fourth-order valence-electron chi connectivity index (χ4n) is 2.35. The minimum atomic E-state index is 0.275. The molecule has 7 nitrogen and oxygen atoms in total. The average Bonchev–Trinajstić information content (AvgIpc) is 2.54. The maximum atomic E-state index is 10.8. The molecule has 0 amide bonds. The number of carbonyl (C=O) groups excluding carboxylic acids is 1. The molecule has 0 bridgehead atoms. The molecular weight excluding hydrogens is 256 g/mol. The van der Waals surface area contributed by atoms with Crippen molar-refractivity contribution in [2.45, 2.75) is 0 Å². The number of benzene rings is 2. The lowest BCUT2D eigenvalue weighted by Crippen LogP contribution is -2.35. The van der Waals surface area contributed by atoms with Crippen LogP contribution in [0, 0.1) is 0 Å². The van der Waals surface area contributed by atoms with Crippen LogP contribution in [0.25, 0.3) is 27.9 Å². The summed E-state index contributed by atoms with van der Waals surface area (Å²) in [7, 11) is 0. The van der Waals surface area contributed by atoms with Crippen molar-refractivity contribution in [1.82, 2.24) is 26.0 Å². The largest absolute Gasteiger partial charge is 0.267 e. The molecule has 0 saturated heterocycles. The van der Waals surface area contributed by atoms with E-state index in [1.165, 1.54) is 0 Å². The summed E-state index contributed by atoms with van der Waals surface area (Å²) in [5.41, 5.74) is 4.08. The SMILES string of the molecule is O=C=C1C=c2c(c3nnnnc3c3ccccc23)=NN1. The lowest BCUT2D eigenvalue weighted by atomic mass is 10.0. The van der Waals surface area contributed by atoms with E-state index in [-0.39, 0.29) is 5.70 Å². The molecule has 0 fully saturated rings. The van der Waals surface area contributed by atoms with E-state index >= 15 is 0 Å². The number of hydrogen-bond acceptors (Lipinski definition) is 7. The number of nitrogens with zero attached hydrogens (tertiary/aromatic N) is 5. The maximum Gasteiger partial charge on any atom is 0.152 e. The quantitative estimate of drug-likeness (QED) is 0.421. The highest BCUT2D eigenvalue weighted by atomic mass is 16.1. The van der Waals surface area contributed by atoms with Crippen LogP contribution in [-0.2, 0) is 4.79 Å². The van der Waals surface area contributed by atoms with Gasteiger partial charge in [-0.25, -0.2) is 4.79 Å². The molecule has 2 aromatic carbocycles. The van der Waals surface area contributed by atoms with E-state index in [0.717, 1.165) is 16.0 Å². The van der Waals surface area contributed by atoms with Crippen LogP contribution in [0.2, 0.25) is 0 Å². The van der Waals surface area contributed by atoms with E-state index in [0.29, 0.717) is 16.4 Å². The van der Waals surface area contributed by atoms with Gasteiger partial charge in [0.05, 0.1) is 0 Å². The molecule has 1 N–H and O–H groups in total. The topological polar surface area (TPSA) is 93.0 Å². The Morgan fingerprint density at radius 3 is 2.55 bits per heavy atom. The fraction of sp³-hybridized carbons (Fsp3) is 0. The van der Waals surface area contributed by atoms with Gasteiger partial charge >= 0.3 is 0 Å². The van der Waals surface area contributed by atoms with Gasteiger partial charge in [-0.05, 0) is 21.9 Å². The monoisotopic (exact) mass is 262 g/mol. The predicted octanol–water partition coefficient (Wildman–Crippen LogP) is -0.793. The molecule has 1 aromatic heterocycles. The Kier molecular flexibility index (Phi) is 2.09. The van der Waals surface area contributed by atoms with Crippen LogP contribution in [0.5, 0.6) is 0 Å². The van der Waals surface area contributed by atoms with Crippen molar-refractivity contribution in [1.29, 1.82) is 0 Å². The molecule has 0 spiro atoms. The van der Waals surface area contributed by atoms with Crippen LogP contribution in [0.1, 0.15) is 0 Å². The summed E-state index contributed by atoms with van der Waals surface area (Å²) in [5.74, 6) is 1.80. The molecule has 1 aliphatic rings. The summed E-state index contributed by atoms with van der Waals surface area (Å²) in [5, 5.41) is 22.6. The minimum Gasteiger partial charge on any atom is -0.267 e. The molecule has 4 rings (SSSR count). The second-order valence-corrected chi connectivity index (χ2v) is 4.27. The van der Waals surface area contributed by atoms with Crippen molar-refractivity contribution in [3.8, 4) is 0 Å². The van der Waals surface area contributed by atoms with Gasteiger partial charge in [0.15, 0.2) is 5.94 Å². The van der Waals surface area contributed by atoms with Gasteiger partial charge in [0.1, 0.15) is 22.1 Å². The summed E-state index contributed by atoms with van der Waals surface area (Å²) < 4.78 is 0. The van der Waals surface area contributed by atoms with Crippen LogP contribution < -0.4 is 16.0 Å². The maximum absolute atomic E-state index is 10.8. The van der Waals surface area contributed by atoms with Gasteiger partial charge in [-0.3, -0.25) is 5.43 Å². The number of fused-ring (bicyclic) bond motifs is 6. The summed E-state index contributed by atoms with van der Waals surface area (Å²) in [4.78, 5) is 10.8. The van der Waals surface area contributed by atoms with Crippen molar-refractivity contribution < 1.29 is 4.79 Å². The Morgan fingerprint density at radius 1 is 1.00 bits per heavy atom. The molecule has 0 saturated carbocycles. The third-order valence-electron chi connectivity index (χ3n) is 3.19. The number of allylic oxidation sites excluding steroid dienone is 1. The lowest BCUT2D eigenvalue weighted by Gasteiger charge is -2.08. The molecule has 94 valence electrons. The Balaban J connectivity index is 2.41. The van der Waals surface area contributed by atoms with Gasteiger partial charge < -0.3 is 0 Å². The van der Waals surface area contributed by atoms with Gasteiger partial charge in [-0.15, -0.1) is 10.2 Å². The van der Waals surface area contributed by atoms with Gasteiger partial charge in [-0.2, -0.15) is 5.10 Å². The number of aromatic nitrogens is 4. The summed E-state index contributed by atoms with van der Waals surface area (Å²) in [6.07, 6.45) is 1.69. The van der Waals surface area contributed by atoms with Gasteiger partial charge in [0.25, 0.3) is 0 Å². The Labute approximate surface area is 111 Å². The zero-order valence-electron chi connectivity index (χ0n) is 10.0. The van der Waals surface area contributed by atoms with Crippen LogP contribution in [0.3, 0.4) is 0 Å². The number of rotatable bonds is 0. The molecule has 7 heteroatoms. The van der Waals surface area contributed by atoms with Crippen LogP contribution >= 0.6 is 0 Å². The first-order valence-electron chi connectivity index (χ1n) is 5.85. The van der Waals surface area contributed by atoms with Crippen LogP contribution in [-0.4, -0.2) is 26.6 Å². The highest BCUT2D eigenvalue weighted by Gasteiger charge is 2.12. The van der Waals surface area contributed by atoms with E-state index in [2.05, 4.69) is 31.2 Å². The first-order valence-corrected chi connectivity index (χ1v) is 5.85. The van der Waals surface area contributed by atoms with E-state index in [1.807, 2.05) is 24.3 Å². The second kappa shape index (κ2) is 3.91. The highest BCUT2D eigenvalue weighted by molar-refractivity contribution is 6.04. The van der Waals surface area contributed by atoms with Crippen molar-refractivity contribution in [2.75, 3.05) is 0 Å². The fourth-order valence-corrected chi connectivity index (χ4v) is 2.35. The van der Waals surface area contributed by atoms with Crippen LogP contribution in [0.4, 0.5) is 0 Å². The Hall–Kier alpha value is -3.18. The van der Waals surface area contributed by atoms with Crippen LogP contribution in [0.15, 0.2) is 35.1 Å². The molecule has 2 heterocycles. The van der Waals surface area contributed by atoms with Crippen molar-refractivity contribution in [3.63, 3.8) is 0 Å². The zero-order chi connectivity index (χ0) is 13.5. The van der Waals surface area contributed by atoms with E-state index in [1.54, 1.807) is 12.0 Å². The number of hydrogen-bond donors (Lipinski definition) is 1. The van der Waals surface area contributed by atoms with Gasteiger partial charge in [-0.1, -0.05) is 24.3 Å². The third kappa shape index (κ3) is 1.35. The summed E-state index contributed by atoms with van der Waals surface area (Å²) in [6.45, 7) is 0. The van der Waals surface area contributed by atoms with Crippen molar-refractivity contribution in [2.24, 2.45) is 5.10 Å². The van der Waals surface area contributed by atoms with E-state index in [4.69, 9.17) is 0 Å². The van der Waals surface area contributed by atoms with E-state index < -0.39 is 0 Å². The smallest absolute Gasteiger partial charge is 0.152 e. The molecule has 0 aliphatic carbocycles. The highest BCUT2D eigenvalue weighted by Crippen LogP contribution is 2.16. The average molecular weight is 262 g/mol. The molecule has 1 aliphatic heterocycles. The van der Waals surface area contributed by atoms with Crippen molar-refractivity contribution in [3.05, 3.63) is 40.5 Å². The zero-order valence-corrected chi connectivity index (χ0v) is 10.0. The minimum absolute atomic E-state index is 0.275. The predicted molar refractivity (Wildman–Crippen MR) is 70.2 cm³/mol. The second-order valence-electron chi connectivity index (χ2n) is 4.27. The number of nitrogens with one attached hydrogen (secondary N) is 1. The molecule has 0 unspecified atom stereocenters. The molecule has 20 heavy (non-hydrogen) atoms. The van der Waals surface area contributed by atoms with E-state index in [9.17, 15) is 4.79 Å². The molecule has 0 radical (unpaired) electrons. The molecular formula is C13H6N6O. The normalized spacial score (nSPS) is 13.1. The van der Waals surface area contributed by atoms with Crippen molar-refractivity contribution >= 4 is 33.8 Å². The summed E-state index contributed by atoms with van der Waals surface area (Å²) in [6, 6.07) is 7.69. The van der Waals surface area contributed by atoms with Gasteiger partial charge in [0.2, 0.25) is 0 Å². The first-order chi connectivity index (χ1) is 9.88. The summed E-state index contributed by atoms with van der Waals surface area (Å²) >= 11 is 0. The lowest BCUT2D eigenvalue weighted by molar-refractivity contribution is 0.566. The Bertz CT molecular complexity index is 1040. The molecule has 3 aromatic rings. The standard InChI is InChI=1S/C13H6N6O/c20-6-7-5-10-8-3-1-2-4-9(8)11-13(12(10)15-14-7)17-19-18-16-11/h1-5,14H. The third-order valence-corrected chi connectivity index (χ3v) is 3.19. The Morgan fingerprint density at radius 2 is 1.75 bits per heavy atom. The van der Waals surface area contributed by atoms with Gasteiger partial charge in [0, 0.05) is 10.6 Å².